The standard InChI is InChI=1S/C25H26ClNO4/c1-14-5-7-16(26)10-18(14)27-19-12-25(2,3)13-21(29)24(19)17(11-23(27)30)15-6-8-20(28)22(9-15)31-4/h5-10,17,28H,11-13H2,1-4H3. The predicted molar refractivity (Wildman–Crippen MR) is 121 cm³/mol. The molecule has 0 saturated heterocycles. The molecule has 2 aromatic rings. The summed E-state index contributed by atoms with van der Waals surface area (Å²) >= 11 is 6.26. The van der Waals surface area contributed by atoms with E-state index in [2.05, 4.69) is 13.8 Å². The first-order valence-electron chi connectivity index (χ1n) is 10.3. The Kier molecular flexibility index (Phi) is 5.34. The highest BCUT2D eigenvalue weighted by Gasteiger charge is 2.44. The molecule has 5 nitrogen and oxygen atoms in total. The second-order valence-corrected chi connectivity index (χ2v) is 9.59. The van der Waals surface area contributed by atoms with Gasteiger partial charge in [0.05, 0.1) is 12.8 Å². The number of Topliss-reactive ketones (excluding diaryl/α,β-unsaturated/α-hetero) is 1. The topological polar surface area (TPSA) is 66.8 Å². The van der Waals surface area contributed by atoms with E-state index in [1.807, 2.05) is 13.0 Å². The summed E-state index contributed by atoms with van der Waals surface area (Å²) in [6.07, 6.45) is 1.19. The number of ketones is 1. The Balaban J connectivity index is 1.93. The Morgan fingerprint density at radius 2 is 1.87 bits per heavy atom. The molecule has 4 rings (SSSR count). The summed E-state index contributed by atoms with van der Waals surface area (Å²) in [5, 5.41) is 10.5. The summed E-state index contributed by atoms with van der Waals surface area (Å²) in [6.45, 7) is 6.04. The molecule has 1 aliphatic carbocycles. The highest BCUT2D eigenvalue weighted by molar-refractivity contribution is 6.31. The molecule has 1 unspecified atom stereocenters. The van der Waals surface area contributed by atoms with E-state index in [0.717, 1.165) is 22.5 Å². The van der Waals surface area contributed by atoms with E-state index in [0.29, 0.717) is 29.2 Å². The Morgan fingerprint density at radius 1 is 1.13 bits per heavy atom. The van der Waals surface area contributed by atoms with Crippen LogP contribution in [0.15, 0.2) is 47.7 Å². The zero-order valence-corrected chi connectivity index (χ0v) is 18.9. The van der Waals surface area contributed by atoms with Crippen molar-refractivity contribution < 1.29 is 19.4 Å². The van der Waals surface area contributed by atoms with Gasteiger partial charge in [-0.25, -0.2) is 0 Å². The highest BCUT2D eigenvalue weighted by atomic mass is 35.5. The number of ether oxygens (including phenoxy) is 1. The van der Waals surface area contributed by atoms with Gasteiger partial charge in [-0.15, -0.1) is 0 Å². The summed E-state index contributed by atoms with van der Waals surface area (Å²) in [5.41, 5.74) is 3.59. The summed E-state index contributed by atoms with van der Waals surface area (Å²) in [4.78, 5) is 28.6. The van der Waals surface area contributed by atoms with Gasteiger partial charge in [0.2, 0.25) is 5.91 Å². The number of benzene rings is 2. The van der Waals surface area contributed by atoms with Gasteiger partial charge in [0, 0.05) is 35.1 Å². The number of aryl methyl sites for hydroxylation is 1. The van der Waals surface area contributed by atoms with E-state index in [-0.39, 0.29) is 35.2 Å². The van der Waals surface area contributed by atoms with E-state index < -0.39 is 0 Å². The third-order valence-electron chi connectivity index (χ3n) is 6.16. The molecule has 31 heavy (non-hydrogen) atoms. The van der Waals surface area contributed by atoms with Gasteiger partial charge in [0.25, 0.3) is 0 Å². The van der Waals surface area contributed by atoms with Crippen LogP contribution in [0.5, 0.6) is 11.5 Å². The number of rotatable bonds is 3. The van der Waals surface area contributed by atoms with Crippen molar-refractivity contribution >= 4 is 29.0 Å². The minimum atomic E-state index is -0.378. The lowest BCUT2D eigenvalue weighted by Gasteiger charge is -2.43. The van der Waals surface area contributed by atoms with Crippen LogP contribution in [0.3, 0.4) is 0 Å². The van der Waals surface area contributed by atoms with Crippen molar-refractivity contribution in [3.05, 3.63) is 63.8 Å². The Morgan fingerprint density at radius 3 is 2.58 bits per heavy atom. The molecule has 0 saturated carbocycles. The van der Waals surface area contributed by atoms with E-state index in [1.165, 1.54) is 7.11 Å². The zero-order chi connectivity index (χ0) is 22.5. The van der Waals surface area contributed by atoms with E-state index in [1.54, 1.807) is 35.2 Å². The van der Waals surface area contributed by atoms with Crippen molar-refractivity contribution in [2.75, 3.05) is 12.0 Å². The fourth-order valence-corrected chi connectivity index (χ4v) is 4.88. The zero-order valence-electron chi connectivity index (χ0n) is 18.2. The number of methoxy groups -OCH3 is 1. The van der Waals surface area contributed by atoms with Crippen molar-refractivity contribution in [1.82, 2.24) is 0 Å². The Labute approximate surface area is 187 Å². The first-order chi connectivity index (χ1) is 14.6. The maximum Gasteiger partial charge on any atom is 0.232 e. The van der Waals surface area contributed by atoms with E-state index >= 15 is 0 Å². The Bertz CT molecular complexity index is 1120. The van der Waals surface area contributed by atoms with Crippen molar-refractivity contribution in [2.24, 2.45) is 5.41 Å². The minimum absolute atomic E-state index is 0.0230. The van der Waals surface area contributed by atoms with Crippen molar-refractivity contribution in [1.29, 1.82) is 0 Å². The van der Waals surface area contributed by atoms with Crippen LogP contribution in [0.4, 0.5) is 5.69 Å². The van der Waals surface area contributed by atoms with Crippen LogP contribution in [-0.4, -0.2) is 23.9 Å². The van der Waals surface area contributed by atoms with Crippen molar-refractivity contribution in [2.45, 2.75) is 46.0 Å². The molecule has 0 aromatic heterocycles. The first kappa shape index (κ1) is 21.4. The van der Waals surface area contributed by atoms with E-state index in [9.17, 15) is 14.7 Å². The number of hydrogen-bond donors (Lipinski definition) is 1. The normalized spacial score (nSPS) is 20.7. The number of phenols is 1. The van der Waals surface area contributed by atoms with Crippen LogP contribution < -0.4 is 9.64 Å². The average molecular weight is 440 g/mol. The van der Waals surface area contributed by atoms with Gasteiger partial charge in [-0.1, -0.05) is 37.6 Å². The third kappa shape index (κ3) is 3.83. The van der Waals surface area contributed by atoms with Crippen LogP contribution >= 0.6 is 11.6 Å². The number of allylic oxidation sites excluding steroid dienone is 2. The van der Waals surface area contributed by atoms with Crippen molar-refractivity contribution in [3.8, 4) is 11.5 Å². The molecule has 0 radical (unpaired) electrons. The molecule has 2 aliphatic rings. The van der Waals surface area contributed by atoms with Gasteiger partial charge in [-0.2, -0.15) is 0 Å². The lowest BCUT2D eigenvalue weighted by molar-refractivity contribution is -0.121. The van der Waals surface area contributed by atoms with Gasteiger partial charge in [-0.3, -0.25) is 14.5 Å². The van der Waals surface area contributed by atoms with Gasteiger partial charge >= 0.3 is 0 Å². The van der Waals surface area contributed by atoms with Crippen LogP contribution in [0.1, 0.15) is 50.2 Å². The predicted octanol–water partition coefficient (Wildman–Crippen LogP) is 5.53. The molecule has 162 valence electrons. The van der Waals surface area contributed by atoms with Crippen molar-refractivity contribution in [3.63, 3.8) is 0 Å². The molecule has 1 atom stereocenters. The molecule has 0 bridgehead atoms. The molecule has 1 aliphatic heterocycles. The number of hydrogen-bond acceptors (Lipinski definition) is 4. The maximum atomic E-state index is 13.5. The summed E-state index contributed by atoms with van der Waals surface area (Å²) in [7, 11) is 1.48. The number of halogens is 1. The molecule has 0 fully saturated rings. The molecule has 1 heterocycles. The maximum absolute atomic E-state index is 13.5. The molecule has 0 spiro atoms. The van der Waals surface area contributed by atoms with Crippen LogP contribution in [0.2, 0.25) is 5.02 Å². The number of anilines is 1. The monoisotopic (exact) mass is 439 g/mol. The molecule has 1 N–H and O–H groups in total. The van der Waals surface area contributed by atoms with Gasteiger partial charge in [0.15, 0.2) is 17.3 Å². The molecule has 2 aromatic carbocycles. The van der Waals surface area contributed by atoms with Gasteiger partial charge in [0.1, 0.15) is 0 Å². The van der Waals surface area contributed by atoms with E-state index in [4.69, 9.17) is 16.3 Å². The Hall–Kier alpha value is -2.79. The van der Waals surface area contributed by atoms with Crippen LogP contribution in [-0.2, 0) is 9.59 Å². The smallest absolute Gasteiger partial charge is 0.232 e. The lowest BCUT2D eigenvalue weighted by Crippen LogP contribution is -2.44. The SMILES string of the molecule is COc1cc(C2CC(=O)N(c3cc(Cl)ccc3C)C3=C2C(=O)CC(C)(C)C3)ccc1O. The summed E-state index contributed by atoms with van der Waals surface area (Å²) < 4.78 is 5.26. The number of carbonyl (C=O) groups is 2. The third-order valence-corrected chi connectivity index (χ3v) is 6.40. The summed E-state index contributed by atoms with van der Waals surface area (Å²) in [6, 6.07) is 10.5. The molecular formula is C25H26ClNO4. The number of aromatic hydroxyl groups is 1. The molecule has 6 heteroatoms. The second-order valence-electron chi connectivity index (χ2n) is 9.15. The number of amides is 1. The van der Waals surface area contributed by atoms with Gasteiger partial charge in [-0.05, 0) is 54.2 Å². The van der Waals surface area contributed by atoms with Gasteiger partial charge < -0.3 is 9.84 Å². The minimum Gasteiger partial charge on any atom is -0.504 e. The molecular weight excluding hydrogens is 414 g/mol. The van der Waals surface area contributed by atoms with Crippen LogP contribution in [0, 0.1) is 12.3 Å². The summed E-state index contributed by atoms with van der Waals surface area (Å²) in [5.74, 6) is -0.0536. The second kappa shape index (κ2) is 7.72. The average Bonchev–Trinajstić information content (AvgIpc) is 2.69. The highest BCUT2D eigenvalue weighted by Crippen LogP contribution is 2.49. The fourth-order valence-electron chi connectivity index (χ4n) is 4.71. The lowest BCUT2D eigenvalue weighted by atomic mass is 9.69. The fraction of sp³-hybridized carbons (Fsp3) is 0.360. The first-order valence-corrected chi connectivity index (χ1v) is 10.7. The quantitative estimate of drug-likeness (QED) is 0.683. The molecule has 1 amide bonds. The number of nitrogens with zero attached hydrogens (tertiary/aromatic N) is 1. The van der Waals surface area contributed by atoms with Crippen LogP contribution in [0.25, 0.3) is 0 Å². The number of carbonyl (C=O) groups excluding carboxylic acids is 2. The number of phenolic OH excluding ortho intramolecular Hbond substituents is 1. The largest absolute Gasteiger partial charge is 0.504 e.